The Balaban J connectivity index is 2.01. The second-order valence-corrected chi connectivity index (χ2v) is 4.57. The lowest BCUT2D eigenvalue weighted by Gasteiger charge is -2.15. The molecule has 0 aromatic heterocycles. The van der Waals surface area contributed by atoms with Gasteiger partial charge in [-0.1, -0.05) is 0 Å². The number of hydrogen-bond acceptors (Lipinski definition) is 4. The lowest BCUT2D eigenvalue weighted by atomic mass is 10.2. The molecule has 0 bridgehead atoms. The summed E-state index contributed by atoms with van der Waals surface area (Å²) in [4.78, 5) is 21.5. The zero-order valence-electron chi connectivity index (χ0n) is 10.4. The molecular formula is C12H14FN3O3. The van der Waals surface area contributed by atoms with Crippen LogP contribution in [0.4, 0.5) is 15.8 Å². The second kappa shape index (κ2) is 5.21. The number of amides is 1. The summed E-state index contributed by atoms with van der Waals surface area (Å²) >= 11 is 0. The lowest BCUT2D eigenvalue weighted by Crippen LogP contribution is -2.38. The summed E-state index contributed by atoms with van der Waals surface area (Å²) in [6.07, 6.45) is 1.95. The van der Waals surface area contributed by atoms with Crippen molar-refractivity contribution in [2.75, 3.05) is 5.32 Å². The summed E-state index contributed by atoms with van der Waals surface area (Å²) in [7, 11) is 0. The number of anilines is 1. The largest absolute Gasteiger partial charge is 0.372 e. The van der Waals surface area contributed by atoms with Gasteiger partial charge in [0, 0.05) is 12.1 Å². The Morgan fingerprint density at radius 3 is 2.74 bits per heavy atom. The fourth-order valence-corrected chi connectivity index (χ4v) is 1.59. The number of benzene rings is 1. The fraction of sp³-hybridized carbons (Fsp3) is 0.417. The molecule has 2 rings (SSSR count). The highest BCUT2D eigenvalue weighted by atomic mass is 19.1. The van der Waals surface area contributed by atoms with Gasteiger partial charge in [0.25, 0.3) is 5.69 Å². The van der Waals surface area contributed by atoms with Gasteiger partial charge in [-0.2, -0.15) is 0 Å². The summed E-state index contributed by atoms with van der Waals surface area (Å²) in [5.74, 6) is -0.958. The summed E-state index contributed by atoms with van der Waals surface area (Å²) in [5, 5.41) is 16.0. The molecule has 102 valence electrons. The quantitative estimate of drug-likeness (QED) is 0.629. The molecule has 0 heterocycles. The van der Waals surface area contributed by atoms with E-state index in [0.29, 0.717) is 0 Å². The number of nitro benzene ring substituents is 1. The topological polar surface area (TPSA) is 84.3 Å². The van der Waals surface area contributed by atoms with Crippen LogP contribution >= 0.6 is 0 Å². The molecule has 1 aromatic rings. The summed E-state index contributed by atoms with van der Waals surface area (Å²) in [6.45, 7) is 1.61. The van der Waals surface area contributed by atoms with E-state index in [-0.39, 0.29) is 23.3 Å². The first kappa shape index (κ1) is 13.3. The average Bonchev–Trinajstić information content (AvgIpc) is 3.15. The van der Waals surface area contributed by atoms with Crippen LogP contribution in [-0.4, -0.2) is 22.9 Å². The molecule has 6 nitrogen and oxygen atoms in total. The van der Waals surface area contributed by atoms with Crippen LogP contribution in [-0.2, 0) is 4.79 Å². The molecule has 1 aliphatic rings. The van der Waals surface area contributed by atoms with Crippen LogP contribution in [0, 0.1) is 15.9 Å². The van der Waals surface area contributed by atoms with Crippen molar-refractivity contribution in [1.82, 2.24) is 5.32 Å². The van der Waals surface area contributed by atoms with Crippen molar-refractivity contribution in [1.29, 1.82) is 0 Å². The molecular weight excluding hydrogens is 253 g/mol. The maximum atomic E-state index is 13.6. The number of halogens is 1. The highest BCUT2D eigenvalue weighted by Gasteiger charge is 2.26. The second-order valence-electron chi connectivity index (χ2n) is 4.57. The van der Waals surface area contributed by atoms with Gasteiger partial charge in [0.05, 0.1) is 16.7 Å². The van der Waals surface area contributed by atoms with Gasteiger partial charge in [-0.15, -0.1) is 0 Å². The summed E-state index contributed by atoms with van der Waals surface area (Å²) in [6, 6.07) is 2.91. The molecule has 1 aliphatic carbocycles. The molecule has 1 fully saturated rings. The van der Waals surface area contributed by atoms with E-state index in [1.807, 2.05) is 0 Å². The zero-order valence-corrected chi connectivity index (χ0v) is 10.4. The first-order valence-corrected chi connectivity index (χ1v) is 5.98. The standard InChI is InChI=1S/C12H14FN3O3/c1-7(12(17)15-8-2-3-8)14-11-5-4-9(16(18)19)6-10(11)13/h4-8,14H,2-3H2,1H3,(H,15,17). The van der Waals surface area contributed by atoms with Crippen molar-refractivity contribution in [3.05, 3.63) is 34.1 Å². The predicted octanol–water partition coefficient (Wildman–Crippen LogP) is 1.81. The molecule has 0 radical (unpaired) electrons. The van der Waals surface area contributed by atoms with E-state index in [4.69, 9.17) is 0 Å². The van der Waals surface area contributed by atoms with Crippen LogP contribution in [0.5, 0.6) is 0 Å². The molecule has 1 saturated carbocycles. The third-order valence-electron chi connectivity index (χ3n) is 2.85. The number of hydrogen-bond donors (Lipinski definition) is 2. The van der Waals surface area contributed by atoms with E-state index in [2.05, 4.69) is 10.6 Å². The van der Waals surface area contributed by atoms with Crippen LogP contribution in [0.3, 0.4) is 0 Å². The van der Waals surface area contributed by atoms with E-state index in [1.54, 1.807) is 6.92 Å². The van der Waals surface area contributed by atoms with Crippen molar-refractivity contribution in [2.24, 2.45) is 0 Å². The van der Waals surface area contributed by atoms with Gasteiger partial charge in [-0.05, 0) is 25.8 Å². The Morgan fingerprint density at radius 2 is 2.21 bits per heavy atom. The van der Waals surface area contributed by atoms with E-state index < -0.39 is 16.8 Å². The highest BCUT2D eigenvalue weighted by molar-refractivity contribution is 5.84. The minimum absolute atomic E-state index is 0.0732. The van der Waals surface area contributed by atoms with Crippen molar-refractivity contribution in [3.8, 4) is 0 Å². The van der Waals surface area contributed by atoms with E-state index in [9.17, 15) is 19.3 Å². The van der Waals surface area contributed by atoms with Gasteiger partial charge in [0.2, 0.25) is 5.91 Å². The van der Waals surface area contributed by atoms with Crippen LogP contribution in [0.15, 0.2) is 18.2 Å². The van der Waals surface area contributed by atoms with Crippen molar-refractivity contribution in [2.45, 2.75) is 31.8 Å². The third-order valence-corrected chi connectivity index (χ3v) is 2.85. The van der Waals surface area contributed by atoms with Crippen molar-refractivity contribution < 1.29 is 14.1 Å². The molecule has 0 aliphatic heterocycles. The predicted molar refractivity (Wildman–Crippen MR) is 67.3 cm³/mol. The van der Waals surface area contributed by atoms with E-state index in [1.165, 1.54) is 12.1 Å². The van der Waals surface area contributed by atoms with Crippen molar-refractivity contribution in [3.63, 3.8) is 0 Å². The zero-order chi connectivity index (χ0) is 14.0. The van der Waals surface area contributed by atoms with Gasteiger partial charge in [0.1, 0.15) is 6.04 Å². The van der Waals surface area contributed by atoms with Gasteiger partial charge < -0.3 is 10.6 Å². The number of carbonyl (C=O) groups excluding carboxylic acids is 1. The molecule has 0 spiro atoms. The molecule has 19 heavy (non-hydrogen) atoms. The fourth-order valence-electron chi connectivity index (χ4n) is 1.59. The van der Waals surface area contributed by atoms with Gasteiger partial charge in [-0.25, -0.2) is 4.39 Å². The van der Waals surface area contributed by atoms with Crippen LogP contribution in [0.25, 0.3) is 0 Å². The Bertz CT molecular complexity index is 517. The van der Waals surface area contributed by atoms with Crippen LogP contribution in [0.1, 0.15) is 19.8 Å². The first-order chi connectivity index (χ1) is 8.97. The number of nitro groups is 1. The highest BCUT2D eigenvalue weighted by Crippen LogP contribution is 2.22. The van der Waals surface area contributed by atoms with Gasteiger partial charge in [0.15, 0.2) is 5.82 Å². The van der Waals surface area contributed by atoms with E-state index >= 15 is 0 Å². The average molecular weight is 267 g/mol. The molecule has 1 aromatic carbocycles. The number of non-ortho nitro benzene ring substituents is 1. The Hall–Kier alpha value is -2.18. The van der Waals surface area contributed by atoms with E-state index in [0.717, 1.165) is 18.9 Å². The van der Waals surface area contributed by atoms with Crippen LogP contribution in [0.2, 0.25) is 0 Å². The molecule has 7 heteroatoms. The molecule has 0 saturated heterocycles. The number of nitrogens with zero attached hydrogens (tertiary/aromatic N) is 1. The molecule has 1 amide bonds. The first-order valence-electron chi connectivity index (χ1n) is 5.98. The minimum atomic E-state index is -0.750. The lowest BCUT2D eigenvalue weighted by molar-refractivity contribution is -0.385. The number of carbonyl (C=O) groups is 1. The number of rotatable bonds is 5. The summed E-state index contributed by atoms with van der Waals surface area (Å²) < 4.78 is 13.6. The van der Waals surface area contributed by atoms with Crippen LogP contribution < -0.4 is 10.6 Å². The molecule has 2 N–H and O–H groups in total. The molecule has 1 atom stereocenters. The maximum absolute atomic E-state index is 13.6. The normalized spacial score (nSPS) is 15.7. The monoisotopic (exact) mass is 267 g/mol. The van der Waals surface area contributed by atoms with Gasteiger partial charge in [-0.3, -0.25) is 14.9 Å². The molecule has 1 unspecified atom stereocenters. The van der Waals surface area contributed by atoms with Gasteiger partial charge >= 0.3 is 0 Å². The Kier molecular flexibility index (Phi) is 3.64. The SMILES string of the molecule is CC(Nc1ccc([N+](=O)[O-])cc1F)C(=O)NC1CC1. The Labute approximate surface area is 109 Å². The minimum Gasteiger partial charge on any atom is -0.372 e. The van der Waals surface area contributed by atoms with Crippen molar-refractivity contribution >= 4 is 17.3 Å². The maximum Gasteiger partial charge on any atom is 0.272 e. The summed E-state index contributed by atoms with van der Waals surface area (Å²) in [5.41, 5.74) is -0.248. The third kappa shape index (κ3) is 3.40. The smallest absolute Gasteiger partial charge is 0.272 e. The number of nitrogens with one attached hydrogen (secondary N) is 2. The Morgan fingerprint density at radius 1 is 1.53 bits per heavy atom.